The molecule has 0 fully saturated rings. The third-order valence-electron chi connectivity index (χ3n) is 1.68. The van der Waals surface area contributed by atoms with E-state index in [0.29, 0.717) is 0 Å². The van der Waals surface area contributed by atoms with Crippen molar-refractivity contribution in [3.8, 4) is 0 Å². The van der Waals surface area contributed by atoms with E-state index in [4.69, 9.17) is 0 Å². The van der Waals surface area contributed by atoms with Gasteiger partial charge in [0.15, 0.2) is 0 Å². The number of hydrogen-bond acceptors (Lipinski definition) is 5. The molecule has 0 aliphatic heterocycles. The van der Waals surface area contributed by atoms with E-state index in [-0.39, 0.29) is 0 Å². The molecule has 0 radical (unpaired) electrons. The molecule has 0 bridgehead atoms. The van der Waals surface area contributed by atoms with Gasteiger partial charge in [0, 0.05) is 16.0 Å². The molecule has 0 aliphatic rings. The Hall–Kier alpha value is 1.24. The summed E-state index contributed by atoms with van der Waals surface area (Å²) < 4.78 is 0. The van der Waals surface area contributed by atoms with Crippen molar-refractivity contribution in [1.82, 2.24) is 16.0 Å². The summed E-state index contributed by atoms with van der Waals surface area (Å²) in [5.74, 6) is 0. The van der Waals surface area contributed by atoms with Gasteiger partial charge >= 0.3 is 0 Å². The van der Waals surface area contributed by atoms with Crippen molar-refractivity contribution < 1.29 is 0 Å². The Balaban J connectivity index is -0.0000000594. The maximum Gasteiger partial charge on any atom is 0.00433 e. The minimum Gasteiger partial charge on any atom is -0.333 e. The lowest BCUT2D eigenvalue weighted by Gasteiger charge is -1.95. The first kappa shape index (κ1) is 34.6. The van der Waals surface area contributed by atoms with Crippen LogP contribution in [0.25, 0.3) is 0 Å². The van der Waals surface area contributed by atoms with Gasteiger partial charge < -0.3 is 27.4 Å². The van der Waals surface area contributed by atoms with E-state index in [0.717, 1.165) is 35.6 Å². The molecule has 22 heavy (non-hydrogen) atoms. The molecule has 5 nitrogen and oxygen atoms in total. The van der Waals surface area contributed by atoms with Crippen LogP contribution in [0.15, 0.2) is 0 Å². The summed E-state index contributed by atoms with van der Waals surface area (Å²) in [6, 6.07) is 0. The third kappa shape index (κ3) is 83.0. The van der Waals surface area contributed by atoms with Gasteiger partial charge in [0.05, 0.1) is 0 Å². The Morgan fingerprint density at radius 1 is 0.545 bits per heavy atom. The quantitative estimate of drug-likeness (QED) is 0.239. The molecule has 0 unspecified atom stereocenters. The molecular formula is C14H40Br3N5. The first-order valence-electron chi connectivity index (χ1n) is 7.52. The summed E-state index contributed by atoms with van der Waals surface area (Å²) in [5.41, 5.74) is 9.00. The lowest BCUT2D eigenvalue weighted by atomic mass is 10.4. The second-order valence-corrected chi connectivity index (χ2v) is 5.82. The molecule has 0 heterocycles. The lowest BCUT2D eigenvalue weighted by Crippen LogP contribution is -2.15. The van der Waals surface area contributed by atoms with Gasteiger partial charge in [-0.2, -0.15) is 0 Å². The normalized spacial score (nSPS) is 7.91. The summed E-state index contributed by atoms with van der Waals surface area (Å²) >= 11 is 9.87. The summed E-state index contributed by atoms with van der Waals surface area (Å²) in [4.78, 5) is 0. The fourth-order valence-corrected chi connectivity index (χ4v) is 2.33. The van der Waals surface area contributed by atoms with E-state index in [9.17, 15) is 0 Å². The number of hydrogen-bond donors (Lipinski definition) is 5. The van der Waals surface area contributed by atoms with Crippen molar-refractivity contribution in [2.75, 3.05) is 70.9 Å². The van der Waals surface area contributed by atoms with E-state index < -0.39 is 0 Å². The van der Waals surface area contributed by atoms with Gasteiger partial charge in [-0.25, -0.2) is 0 Å². The van der Waals surface area contributed by atoms with E-state index in [1.54, 1.807) is 0 Å². The van der Waals surface area contributed by atoms with Crippen molar-refractivity contribution in [2.45, 2.75) is 19.3 Å². The molecule has 0 spiro atoms. The van der Waals surface area contributed by atoms with Crippen LogP contribution in [0.4, 0.5) is 0 Å². The van der Waals surface area contributed by atoms with Crippen LogP contribution in [-0.4, -0.2) is 70.9 Å². The molecule has 0 aliphatic carbocycles. The standard InChI is InChI=1S/C5H14N2.C4H10BrN.C3H6Br2.2CH5N/c1-6-4-3-5-7-2;1-6-4-2-3-5;4-2-1-3-5;2*1-2/h6-7H,3-5H2,1-2H3;6H,2-4H2,1H3;1-3H2;2*2H2,1H3. The number of alkyl halides is 3. The van der Waals surface area contributed by atoms with Gasteiger partial charge in [-0.05, 0) is 74.1 Å². The number of nitrogens with two attached hydrogens (primary N) is 2. The average molecular weight is 518 g/mol. The van der Waals surface area contributed by atoms with Gasteiger partial charge in [0.25, 0.3) is 0 Å². The van der Waals surface area contributed by atoms with E-state index in [2.05, 4.69) is 75.2 Å². The zero-order valence-electron chi connectivity index (χ0n) is 15.2. The molecule has 142 valence electrons. The molecule has 7 N–H and O–H groups in total. The van der Waals surface area contributed by atoms with Gasteiger partial charge in [0.1, 0.15) is 0 Å². The van der Waals surface area contributed by atoms with Crippen LogP contribution < -0.4 is 27.4 Å². The smallest absolute Gasteiger partial charge is 0.00433 e. The molecule has 0 aromatic carbocycles. The molecule has 0 saturated heterocycles. The van der Waals surface area contributed by atoms with Crippen LogP contribution in [-0.2, 0) is 0 Å². The van der Waals surface area contributed by atoms with Crippen molar-refractivity contribution in [2.24, 2.45) is 11.5 Å². The predicted molar refractivity (Wildman–Crippen MR) is 117 cm³/mol. The van der Waals surface area contributed by atoms with Crippen LogP contribution in [0, 0.1) is 0 Å². The average Bonchev–Trinajstić information content (AvgIpc) is 2.59. The largest absolute Gasteiger partial charge is 0.333 e. The molecule has 0 amide bonds. The highest BCUT2D eigenvalue weighted by Gasteiger charge is 1.77. The maximum absolute atomic E-state index is 4.50. The van der Waals surface area contributed by atoms with Gasteiger partial charge in [-0.3, -0.25) is 0 Å². The Bertz CT molecular complexity index is 104. The highest BCUT2D eigenvalue weighted by atomic mass is 79.9. The van der Waals surface area contributed by atoms with Crippen LogP contribution in [0.1, 0.15) is 19.3 Å². The fraction of sp³-hybridized carbons (Fsp3) is 1.00. The van der Waals surface area contributed by atoms with E-state index >= 15 is 0 Å². The van der Waals surface area contributed by atoms with E-state index in [1.807, 2.05) is 21.1 Å². The van der Waals surface area contributed by atoms with Crippen LogP contribution in [0.5, 0.6) is 0 Å². The summed E-state index contributed by atoms with van der Waals surface area (Å²) in [5, 5.41) is 12.5. The zero-order valence-corrected chi connectivity index (χ0v) is 19.9. The van der Waals surface area contributed by atoms with Crippen LogP contribution >= 0.6 is 47.8 Å². The van der Waals surface area contributed by atoms with Crippen molar-refractivity contribution in [3.05, 3.63) is 0 Å². The lowest BCUT2D eigenvalue weighted by molar-refractivity contribution is 0.676. The topological polar surface area (TPSA) is 88.1 Å². The molecule has 8 heteroatoms. The fourth-order valence-electron chi connectivity index (χ4n) is 0.736. The van der Waals surface area contributed by atoms with Crippen LogP contribution in [0.3, 0.4) is 0 Å². The molecule has 0 aromatic rings. The summed E-state index contributed by atoms with van der Waals surface area (Å²) in [6.07, 6.45) is 3.66. The SMILES string of the molecule is BrCCCBr.CN.CN.CNCCCBr.CNCCCNC. The molecular weight excluding hydrogens is 478 g/mol. The first-order valence-corrected chi connectivity index (χ1v) is 10.9. The number of halogens is 3. The zero-order chi connectivity index (χ0) is 18.5. The maximum atomic E-state index is 4.50. The van der Waals surface area contributed by atoms with Gasteiger partial charge in [0.2, 0.25) is 0 Å². The van der Waals surface area contributed by atoms with Gasteiger partial charge in [-0.1, -0.05) is 47.8 Å². The molecule has 0 aromatic heterocycles. The first-order chi connectivity index (χ1) is 10.7. The summed E-state index contributed by atoms with van der Waals surface area (Å²) in [7, 11) is 8.90. The molecule has 0 atom stereocenters. The molecule has 0 saturated carbocycles. The van der Waals surface area contributed by atoms with Gasteiger partial charge in [-0.15, -0.1) is 0 Å². The van der Waals surface area contributed by atoms with Crippen molar-refractivity contribution in [3.63, 3.8) is 0 Å². The second kappa shape index (κ2) is 57.2. The predicted octanol–water partition coefficient (Wildman–Crippen LogP) is 2.12. The number of nitrogens with one attached hydrogen (secondary N) is 3. The highest BCUT2D eigenvalue weighted by Crippen LogP contribution is 1.90. The van der Waals surface area contributed by atoms with Crippen molar-refractivity contribution in [1.29, 1.82) is 0 Å². The van der Waals surface area contributed by atoms with E-state index in [1.165, 1.54) is 33.4 Å². The Labute approximate surface area is 164 Å². The third-order valence-corrected chi connectivity index (χ3v) is 3.36. The Kier molecular flexibility index (Phi) is 89.9. The van der Waals surface area contributed by atoms with Crippen LogP contribution in [0.2, 0.25) is 0 Å². The van der Waals surface area contributed by atoms with Crippen molar-refractivity contribution >= 4 is 47.8 Å². The molecule has 0 rings (SSSR count). The minimum absolute atomic E-state index is 1.10. The Morgan fingerprint density at radius 2 is 0.818 bits per heavy atom. The highest BCUT2D eigenvalue weighted by molar-refractivity contribution is 9.09. The number of rotatable bonds is 9. The second-order valence-electron chi connectivity index (χ2n) is 3.44. The Morgan fingerprint density at radius 3 is 0.955 bits per heavy atom. The monoisotopic (exact) mass is 515 g/mol. The minimum atomic E-state index is 1.10. The summed E-state index contributed by atoms with van der Waals surface area (Å²) in [6.45, 7) is 3.34.